The molecule has 16 heavy (non-hydrogen) atoms. The van der Waals surface area contributed by atoms with Crippen molar-refractivity contribution in [3.05, 3.63) is 10.5 Å². The van der Waals surface area contributed by atoms with Crippen LogP contribution in [-0.2, 0) is 0 Å². The summed E-state index contributed by atoms with van der Waals surface area (Å²) in [6.07, 6.45) is -0.0146. The summed E-state index contributed by atoms with van der Waals surface area (Å²) in [6.45, 7) is 3.80. The molecule has 0 aliphatic rings. The molecule has 1 aromatic rings. The monoisotopic (exact) mass is 290 g/mol. The minimum absolute atomic E-state index is 0.0146. The first-order valence-electron chi connectivity index (χ1n) is 4.81. The summed E-state index contributed by atoms with van der Waals surface area (Å²) in [5.74, 6) is 1.38. The highest BCUT2D eigenvalue weighted by molar-refractivity contribution is 9.10. The van der Waals surface area contributed by atoms with Crippen LogP contribution in [0.2, 0.25) is 0 Å². The Labute approximate surface area is 103 Å². The van der Waals surface area contributed by atoms with E-state index in [1.165, 1.54) is 20.3 Å². The Kier molecular flexibility index (Phi) is 4.29. The van der Waals surface area contributed by atoms with E-state index in [4.69, 9.17) is 14.2 Å². The fraction of sp³-hybridized carbons (Fsp3) is 0.455. The number of rotatable bonds is 4. The fourth-order valence-corrected chi connectivity index (χ4v) is 1.72. The third kappa shape index (κ3) is 2.52. The van der Waals surface area contributed by atoms with Crippen LogP contribution in [0, 0.1) is 0 Å². The Bertz CT molecular complexity index is 377. The van der Waals surface area contributed by atoms with Gasteiger partial charge in [-0.1, -0.05) is 0 Å². The molecule has 0 amide bonds. The van der Waals surface area contributed by atoms with Gasteiger partial charge in [-0.2, -0.15) is 0 Å². The van der Waals surface area contributed by atoms with E-state index in [2.05, 4.69) is 15.9 Å². The van der Waals surface area contributed by atoms with Crippen molar-refractivity contribution in [2.24, 2.45) is 0 Å². The van der Waals surface area contributed by atoms with Crippen molar-refractivity contribution in [3.63, 3.8) is 0 Å². The Morgan fingerprint density at radius 3 is 2.25 bits per heavy atom. The van der Waals surface area contributed by atoms with Gasteiger partial charge in [-0.25, -0.2) is 0 Å². The Morgan fingerprint density at radius 2 is 1.81 bits per heavy atom. The van der Waals surface area contributed by atoms with Crippen LogP contribution in [0.1, 0.15) is 13.8 Å². The predicted octanol–water partition coefficient (Wildman–Crippen LogP) is 2.96. The van der Waals surface area contributed by atoms with Crippen LogP contribution in [0.15, 0.2) is 10.5 Å². The first kappa shape index (κ1) is 13.0. The van der Waals surface area contributed by atoms with Crippen molar-refractivity contribution in [3.8, 4) is 23.0 Å². The van der Waals surface area contributed by atoms with Gasteiger partial charge in [0.15, 0.2) is 11.5 Å². The van der Waals surface area contributed by atoms with Crippen LogP contribution in [-0.4, -0.2) is 25.4 Å². The van der Waals surface area contributed by atoms with Gasteiger partial charge in [-0.05, 0) is 29.8 Å². The average Bonchev–Trinajstić information content (AvgIpc) is 2.23. The van der Waals surface area contributed by atoms with E-state index >= 15 is 0 Å². The second-order valence-electron chi connectivity index (χ2n) is 3.44. The molecule has 0 fully saturated rings. The number of halogens is 1. The Morgan fingerprint density at radius 1 is 1.19 bits per heavy atom. The highest BCUT2D eigenvalue weighted by Crippen LogP contribution is 2.47. The number of aromatic hydroxyl groups is 1. The van der Waals surface area contributed by atoms with Gasteiger partial charge in [0.05, 0.1) is 20.3 Å². The van der Waals surface area contributed by atoms with Gasteiger partial charge in [0, 0.05) is 6.07 Å². The maximum absolute atomic E-state index is 9.64. The molecular weight excluding hydrogens is 276 g/mol. The lowest BCUT2D eigenvalue weighted by Gasteiger charge is -2.18. The highest BCUT2D eigenvalue weighted by atomic mass is 79.9. The van der Waals surface area contributed by atoms with Crippen molar-refractivity contribution in [2.45, 2.75) is 20.0 Å². The number of ether oxygens (including phenoxy) is 3. The van der Waals surface area contributed by atoms with Gasteiger partial charge < -0.3 is 19.3 Å². The predicted molar refractivity (Wildman–Crippen MR) is 64.7 cm³/mol. The second kappa shape index (κ2) is 5.30. The van der Waals surface area contributed by atoms with Crippen molar-refractivity contribution in [2.75, 3.05) is 14.2 Å². The molecule has 1 rings (SSSR count). The standard InChI is InChI=1S/C11H15BrO4/c1-6(2)16-10-8(14-3)5-7(13)9(12)11(10)15-4/h5-6,13H,1-4H3. The molecule has 0 atom stereocenters. The molecular formula is C11H15BrO4. The largest absolute Gasteiger partial charge is 0.506 e. The van der Waals surface area contributed by atoms with Crippen molar-refractivity contribution >= 4 is 15.9 Å². The number of benzene rings is 1. The third-order valence-corrected chi connectivity index (χ3v) is 2.67. The smallest absolute Gasteiger partial charge is 0.205 e. The SMILES string of the molecule is COc1cc(O)c(Br)c(OC)c1OC(C)C. The zero-order valence-corrected chi connectivity index (χ0v) is 11.3. The number of phenolic OH excluding ortho intramolecular Hbond substituents is 1. The van der Waals surface area contributed by atoms with Crippen LogP contribution in [0.3, 0.4) is 0 Å². The van der Waals surface area contributed by atoms with E-state index in [-0.39, 0.29) is 11.9 Å². The van der Waals surface area contributed by atoms with Gasteiger partial charge in [-0.3, -0.25) is 0 Å². The van der Waals surface area contributed by atoms with E-state index in [0.29, 0.717) is 21.7 Å². The molecule has 90 valence electrons. The van der Waals surface area contributed by atoms with Crippen LogP contribution in [0.5, 0.6) is 23.0 Å². The first-order chi connectivity index (χ1) is 7.51. The normalized spacial score (nSPS) is 10.4. The molecule has 1 N–H and O–H groups in total. The second-order valence-corrected chi connectivity index (χ2v) is 4.23. The van der Waals surface area contributed by atoms with E-state index in [0.717, 1.165) is 0 Å². The summed E-state index contributed by atoms with van der Waals surface area (Å²) in [4.78, 5) is 0. The van der Waals surface area contributed by atoms with Crippen molar-refractivity contribution < 1.29 is 19.3 Å². The van der Waals surface area contributed by atoms with Crippen LogP contribution >= 0.6 is 15.9 Å². The van der Waals surface area contributed by atoms with Crippen LogP contribution < -0.4 is 14.2 Å². The Hall–Kier alpha value is -1.10. The summed E-state index contributed by atoms with van der Waals surface area (Å²) < 4.78 is 16.4. The lowest BCUT2D eigenvalue weighted by atomic mass is 10.2. The van der Waals surface area contributed by atoms with Crippen molar-refractivity contribution in [1.82, 2.24) is 0 Å². The van der Waals surface area contributed by atoms with Crippen LogP contribution in [0.25, 0.3) is 0 Å². The molecule has 5 heteroatoms. The molecule has 0 aromatic heterocycles. The summed E-state index contributed by atoms with van der Waals surface area (Å²) in [5.41, 5.74) is 0. The quantitative estimate of drug-likeness (QED) is 0.926. The molecule has 0 aliphatic carbocycles. The van der Waals surface area contributed by atoms with E-state index in [1.807, 2.05) is 13.8 Å². The molecule has 0 saturated heterocycles. The summed E-state index contributed by atoms with van der Waals surface area (Å²) in [7, 11) is 3.02. The molecule has 0 heterocycles. The average molecular weight is 291 g/mol. The minimum atomic E-state index is -0.0146. The fourth-order valence-electron chi connectivity index (χ4n) is 1.26. The zero-order valence-electron chi connectivity index (χ0n) is 9.70. The first-order valence-corrected chi connectivity index (χ1v) is 5.60. The minimum Gasteiger partial charge on any atom is -0.506 e. The number of phenols is 1. The van der Waals surface area contributed by atoms with Gasteiger partial charge in [0.1, 0.15) is 10.2 Å². The molecule has 0 unspecified atom stereocenters. The summed E-state index contributed by atoms with van der Waals surface area (Å²) in [6, 6.07) is 1.48. The van der Waals surface area contributed by atoms with Gasteiger partial charge in [0.25, 0.3) is 0 Å². The van der Waals surface area contributed by atoms with Gasteiger partial charge >= 0.3 is 0 Å². The van der Waals surface area contributed by atoms with E-state index in [1.54, 1.807) is 0 Å². The summed E-state index contributed by atoms with van der Waals surface area (Å²) in [5, 5.41) is 9.64. The third-order valence-electron chi connectivity index (χ3n) is 1.90. The molecule has 0 radical (unpaired) electrons. The molecule has 4 nitrogen and oxygen atoms in total. The van der Waals surface area contributed by atoms with Gasteiger partial charge in [-0.15, -0.1) is 0 Å². The summed E-state index contributed by atoms with van der Waals surface area (Å²) >= 11 is 3.23. The number of methoxy groups -OCH3 is 2. The maximum Gasteiger partial charge on any atom is 0.205 e. The topological polar surface area (TPSA) is 47.9 Å². The maximum atomic E-state index is 9.64. The number of hydrogen-bond donors (Lipinski definition) is 1. The molecule has 0 bridgehead atoms. The van der Waals surface area contributed by atoms with E-state index < -0.39 is 0 Å². The molecule has 1 aromatic carbocycles. The van der Waals surface area contributed by atoms with Gasteiger partial charge in [0.2, 0.25) is 5.75 Å². The molecule has 0 spiro atoms. The van der Waals surface area contributed by atoms with E-state index in [9.17, 15) is 5.11 Å². The number of hydrogen-bond acceptors (Lipinski definition) is 4. The Balaban J connectivity index is 3.34. The lowest BCUT2D eigenvalue weighted by molar-refractivity contribution is 0.217. The van der Waals surface area contributed by atoms with Crippen molar-refractivity contribution in [1.29, 1.82) is 0 Å². The lowest BCUT2D eigenvalue weighted by Crippen LogP contribution is -2.08. The molecule has 0 saturated carbocycles. The molecule has 0 aliphatic heterocycles. The highest BCUT2D eigenvalue weighted by Gasteiger charge is 2.20. The zero-order chi connectivity index (χ0) is 12.3. The van der Waals surface area contributed by atoms with Crippen LogP contribution in [0.4, 0.5) is 0 Å².